The number of benzene rings is 3. The molecule has 4 aromatic rings. The fourth-order valence-electron chi connectivity index (χ4n) is 3.25. The van der Waals surface area contributed by atoms with Crippen LogP contribution in [0.5, 0.6) is 5.75 Å². The highest BCUT2D eigenvalue weighted by Crippen LogP contribution is 2.33. The fraction of sp³-hybridized carbons (Fsp3) is 0.0870. The Morgan fingerprint density at radius 1 is 0.815 bits per heavy atom. The van der Waals surface area contributed by atoms with E-state index in [1.165, 1.54) is 0 Å². The molecule has 27 heavy (non-hydrogen) atoms. The fourth-order valence-corrected chi connectivity index (χ4v) is 3.25. The van der Waals surface area contributed by atoms with Gasteiger partial charge in [-0.15, -0.1) is 0 Å². The van der Waals surface area contributed by atoms with Crippen molar-refractivity contribution in [3.63, 3.8) is 0 Å². The third-order valence-electron chi connectivity index (χ3n) is 4.56. The van der Waals surface area contributed by atoms with E-state index in [1.54, 1.807) is 18.5 Å². The van der Waals surface area contributed by atoms with Gasteiger partial charge in [0, 0.05) is 11.1 Å². The van der Waals surface area contributed by atoms with Crippen LogP contribution < -0.4 is 0 Å². The number of aliphatic hydroxyl groups is 1. The third-order valence-corrected chi connectivity index (χ3v) is 4.56. The summed E-state index contributed by atoms with van der Waals surface area (Å²) >= 11 is 0. The van der Waals surface area contributed by atoms with Crippen LogP contribution in [0.4, 0.5) is 0 Å². The molecule has 2 N–H and O–H groups in total. The lowest BCUT2D eigenvalue weighted by Crippen LogP contribution is -2.09. The predicted octanol–water partition coefficient (Wildman–Crippen LogP) is 4.66. The minimum absolute atomic E-state index is 0.197. The van der Waals surface area contributed by atoms with Crippen LogP contribution in [0, 0.1) is 0 Å². The summed E-state index contributed by atoms with van der Waals surface area (Å²) in [5.74, 6) is 0.197. The molecule has 0 amide bonds. The van der Waals surface area contributed by atoms with Crippen LogP contribution in [0.1, 0.15) is 11.7 Å². The van der Waals surface area contributed by atoms with Crippen LogP contribution in [-0.4, -0.2) is 19.8 Å². The first kappa shape index (κ1) is 17.1. The molecule has 0 bridgehead atoms. The largest absolute Gasteiger partial charge is 0.508 e. The Labute approximate surface area is 158 Å². The number of hydrogen-bond acceptors (Lipinski definition) is 3. The average Bonchev–Trinajstić information content (AvgIpc) is 3.13. The van der Waals surface area contributed by atoms with Gasteiger partial charge in [-0.05, 0) is 17.7 Å². The molecule has 3 aromatic carbocycles. The summed E-state index contributed by atoms with van der Waals surface area (Å²) in [6, 6.07) is 26.6. The third kappa shape index (κ3) is 3.61. The molecule has 1 atom stereocenters. The van der Waals surface area contributed by atoms with E-state index in [1.807, 2.05) is 77.4 Å². The normalized spacial score (nSPS) is 12.0. The SMILES string of the molecule is Oc1cccc(-c2c(-c3ccccc3)ncn2CC(O)c2ccccc2)c1. The summed E-state index contributed by atoms with van der Waals surface area (Å²) in [6.45, 7) is 0.370. The molecule has 0 radical (unpaired) electrons. The minimum atomic E-state index is -0.653. The first-order valence-corrected chi connectivity index (χ1v) is 8.85. The monoisotopic (exact) mass is 356 g/mol. The van der Waals surface area contributed by atoms with E-state index in [0.29, 0.717) is 6.54 Å². The molecule has 0 fully saturated rings. The Hall–Kier alpha value is -3.37. The molecule has 4 rings (SSSR count). The molecule has 0 spiro atoms. The first-order chi connectivity index (χ1) is 13.2. The van der Waals surface area contributed by atoms with Crippen molar-refractivity contribution in [2.24, 2.45) is 0 Å². The zero-order valence-electron chi connectivity index (χ0n) is 14.7. The van der Waals surface area contributed by atoms with Crippen LogP contribution in [0.3, 0.4) is 0 Å². The molecule has 4 heteroatoms. The number of imidazole rings is 1. The minimum Gasteiger partial charge on any atom is -0.508 e. The van der Waals surface area contributed by atoms with Crippen molar-refractivity contribution in [2.45, 2.75) is 12.6 Å². The van der Waals surface area contributed by atoms with E-state index in [4.69, 9.17) is 0 Å². The van der Waals surface area contributed by atoms with Crippen LogP contribution in [0.2, 0.25) is 0 Å². The molecule has 0 saturated carbocycles. The summed E-state index contributed by atoms with van der Waals surface area (Å²) in [5.41, 5.74) is 4.39. The lowest BCUT2D eigenvalue weighted by Gasteiger charge is -2.15. The van der Waals surface area contributed by atoms with Crippen molar-refractivity contribution in [2.75, 3.05) is 0 Å². The van der Waals surface area contributed by atoms with Crippen molar-refractivity contribution in [1.29, 1.82) is 0 Å². The smallest absolute Gasteiger partial charge is 0.116 e. The zero-order chi connectivity index (χ0) is 18.6. The Balaban J connectivity index is 1.79. The number of rotatable bonds is 5. The van der Waals surface area contributed by atoms with E-state index in [0.717, 1.165) is 28.1 Å². The second-order valence-electron chi connectivity index (χ2n) is 6.44. The Morgan fingerprint density at radius 2 is 1.48 bits per heavy atom. The van der Waals surface area contributed by atoms with Gasteiger partial charge in [0.25, 0.3) is 0 Å². The van der Waals surface area contributed by atoms with Crippen molar-refractivity contribution < 1.29 is 10.2 Å². The van der Waals surface area contributed by atoms with Crippen molar-refractivity contribution >= 4 is 0 Å². The van der Waals surface area contributed by atoms with Crippen molar-refractivity contribution in [3.05, 3.63) is 96.8 Å². The highest BCUT2D eigenvalue weighted by Gasteiger charge is 2.18. The van der Waals surface area contributed by atoms with Gasteiger partial charge in [-0.25, -0.2) is 4.98 Å². The highest BCUT2D eigenvalue weighted by atomic mass is 16.3. The summed E-state index contributed by atoms with van der Waals surface area (Å²) in [7, 11) is 0. The molecule has 1 unspecified atom stereocenters. The highest BCUT2D eigenvalue weighted by molar-refractivity contribution is 5.79. The lowest BCUT2D eigenvalue weighted by atomic mass is 10.0. The first-order valence-electron chi connectivity index (χ1n) is 8.85. The van der Waals surface area contributed by atoms with Crippen molar-refractivity contribution in [3.8, 4) is 28.3 Å². The second kappa shape index (κ2) is 7.48. The van der Waals surface area contributed by atoms with Crippen LogP contribution in [-0.2, 0) is 6.54 Å². The van der Waals surface area contributed by atoms with Gasteiger partial charge in [0.15, 0.2) is 0 Å². The van der Waals surface area contributed by atoms with Crippen LogP contribution in [0.15, 0.2) is 91.3 Å². The molecular weight excluding hydrogens is 336 g/mol. The number of aliphatic hydroxyl groups excluding tert-OH is 1. The van der Waals surface area contributed by atoms with Crippen LogP contribution in [0.25, 0.3) is 22.5 Å². The molecule has 0 saturated heterocycles. The number of phenolic OH excluding ortho intramolecular Hbond substituents is 1. The summed E-state index contributed by atoms with van der Waals surface area (Å²) < 4.78 is 1.94. The summed E-state index contributed by atoms with van der Waals surface area (Å²) in [5, 5.41) is 20.6. The van der Waals surface area contributed by atoms with Gasteiger partial charge in [0.05, 0.1) is 30.4 Å². The zero-order valence-corrected chi connectivity index (χ0v) is 14.7. The molecule has 134 valence electrons. The number of hydrogen-bond donors (Lipinski definition) is 2. The molecular formula is C23H20N2O2. The van der Waals surface area contributed by atoms with Gasteiger partial charge >= 0.3 is 0 Å². The van der Waals surface area contributed by atoms with E-state index in [9.17, 15) is 10.2 Å². The maximum Gasteiger partial charge on any atom is 0.116 e. The van der Waals surface area contributed by atoms with E-state index in [2.05, 4.69) is 4.98 Å². The number of phenols is 1. The summed E-state index contributed by atoms with van der Waals surface area (Å²) in [6.07, 6.45) is 1.09. The topological polar surface area (TPSA) is 58.3 Å². The van der Waals surface area contributed by atoms with Crippen molar-refractivity contribution in [1.82, 2.24) is 9.55 Å². The maximum absolute atomic E-state index is 10.7. The standard InChI is InChI=1S/C23H20N2O2/c26-20-13-7-12-19(14-20)23-22(18-10-5-2-6-11-18)24-16-25(23)15-21(27)17-8-3-1-4-9-17/h1-14,16,21,26-27H,15H2. The molecule has 0 aliphatic carbocycles. The Morgan fingerprint density at radius 3 is 2.19 bits per heavy atom. The van der Waals surface area contributed by atoms with Gasteiger partial charge in [-0.1, -0.05) is 72.8 Å². The molecule has 1 aromatic heterocycles. The van der Waals surface area contributed by atoms with Gasteiger partial charge in [0.2, 0.25) is 0 Å². The van der Waals surface area contributed by atoms with E-state index >= 15 is 0 Å². The Bertz CT molecular complexity index is 1030. The molecule has 0 aliphatic heterocycles. The van der Waals surface area contributed by atoms with Gasteiger partial charge < -0.3 is 14.8 Å². The van der Waals surface area contributed by atoms with Crippen LogP contribution >= 0.6 is 0 Å². The predicted molar refractivity (Wildman–Crippen MR) is 106 cm³/mol. The molecule has 1 heterocycles. The Kier molecular flexibility index (Phi) is 4.73. The average molecular weight is 356 g/mol. The van der Waals surface area contributed by atoms with Gasteiger partial charge in [-0.2, -0.15) is 0 Å². The second-order valence-corrected chi connectivity index (χ2v) is 6.44. The van der Waals surface area contributed by atoms with Gasteiger partial charge in [0.1, 0.15) is 5.75 Å². The lowest BCUT2D eigenvalue weighted by molar-refractivity contribution is 0.157. The number of nitrogens with zero attached hydrogens (tertiary/aromatic N) is 2. The number of aromatic nitrogens is 2. The van der Waals surface area contributed by atoms with E-state index < -0.39 is 6.10 Å². The maximum atomic E-state index is 10.7. The molecule has 0 aliphatic rings. The summed E-state index contributed by atoms with van der Waals surface area (Å²) in [4.78, 5) is 4.61. The van der Waals surface area contributed by atoms with Gasteiger partial charge in [-0.3, -0.25) is 0 Å². The van der Waals surface area contributed by atoms with E-state index in [-0.39, 0.29) is 5.75 Å². The molecule has 4 nitrogen and oxygen atoms in total. The quantitative estimate of drug-likeness (QED) is 0.547. The number of aromatic hydroxyl groups is 1.